The Bertz CT molecular complexity index is 860. The number of sulfonamides is 1. The lowest BCUT2D eigenvalue weighted by Gasteiger charge is -2.21. The van der Waals surface area contributed by atoms with Crippen LogP contribution in [-0.2, 0) is 26.0 Å². The lowest BCUT2D eigenvalue weighted by Crippen LogP contribution is -2.34. The lowest BCUT2D eigenvalue weighted by atomic mass is 10.1. The van der Waals surface area contributed by atoms with Gasteiger partial charge in [0.25, 0.3) is 5.91 Å². The summed E-state index contributed by atoms with van der Waals surface area (Å²) in [5.74, 6) is -1.05. The van der Waals surface area contributed by atoms with Crippen LogP contribution >= 0.6 is 0 Å². The van der Waals surface area contributed by atoms with Crippen LogP contribution in [0.4, 0.5) is 5.69 Å². The molecule has 1 heterocycles. The summed E-state index contributed by atoms with van der Waals surface area (Å²) in [5, 5.41) is 8.51. The SMILES string of the molecule is CC1Cc2cc(C(=O)OCC(=O)N(C)CCC#N)ccc2N1S(C)(=O)=O. The first-order valence-corrected chi connectivity index (χ1v) is 9.90. The maximum atomic E-state index is 12.2. The number of benzene rings is 1. The van der Waals surface area contributed by atoms with E-state index in [2.05, 4.69) is 0 Å². The largest absolute Gasteiger partial charge is 0.452 e. The second-order valence-electron chi connectivity index (χ2n) is 6.25. The molecule has 0 saturated carbocycles. The first-order valence-electron chi connectivity index (χ1n) is 8.05. The van der Waals surface area contributed by atoms with Crippen molar-refractivity contribution in [3.05, 3.63) is 29.3 Å². The normalized spacial score (nSPS) is 15.9. The number of nitrogens with zero attached hydrogens (tertiary/aromatic N) is 3. The molecule has 0 spiro atoms. The van der Waals surface area contributed by atoms with Gasteiger partial charge in [0.2, 0.25) is 10.0 Å². The molecule has 1 aliphatic rings. The Morgan fingerprint density at radius 2 is 2.12 bits per heavy atom. The van der Waals surface area contributed by atoms with Gasteiger partial charge in [-0.15, -0.1) is 0 Å². The molecule has 8 nitrogen and oxygen atoms in total. The van der Waals surface area contributed by atoms with E-state index in [1.54, 1.807) is 19.1 Å². The molecule has 2 rings (SSSR count). The Morgan fingerprint density at radius 1 is 1.42 bits per heavy atom. The van der Waals surface area contributed by atoms with E-state index in [0.717, 1.165) is 11.8 Å². The third-order valence-corrected chi connectivity index (χ3v) is 5.41. The molecule has 0 bridgehead atoms. The molecule has 1 atom stereocenters. The molecule has 1 aromatic carbocycles. The summed E-state index contributed by atoms with van der Waals surface area (Å²) < 4.78 is 30.2. The van der Waals surface area contributed by atoms with Gasteiger partial charge >= 0.3 is 5.97 Å². The van der Waals surface area contributed by atoms with Crippen LogP contribution in [0.3, 0.4) is 0 Å². The molecule has 0 saturated heterocycles. The van der Waals surface area contributed by atoms with Crippen LogP contribution in [0, 0.1) is 11.3 Å². The van der Waals surface area contributed by atoms with Crippen LogP contribution in [0.2, 0.25) is 0 Å². The molecule has 0 aliphatic carbocycles. The van der Waals surface area contributed by atoms with E-state index in [1.807, 2.05) is 6.07 Å². The number of rotatable bonds is 6. The molecular formula is C17H21N3O5S. The van der Waals surface area contributed by atoms with Gasteiger partial charge in [0.1, 0.15) is 0 Å². The highest BCUT2D eigenvalue weighted by Gasteiger charge is 2.33. The minimum absolute atomic E-state index is 0.204. The van der Waals surface area contributed by atoms with Crippen LogP contribution in [0.1, 0.15) is 29.3 Å². The molecule has 0 fully saturated rings. The van der Waals surface area contributed by atoms with Crippen molar-refractivity contribution in [1.82, 2.24) is 4.90 Å². The topological polar surface area (TPSA) is 108 Å². The second-order valence-corrected chi connectivity index (χ2v) is 8.11. The Morgan fingerprint density at radius 3 is 2.73 bits per heavy atom. The summed E-state index contributed by atoms with van der Waals surface area (Å²) in [6, 6.07) is 6.39. The van der Waals surface area contributed by atoms with E-state index in [9.17, 15) is 18.0 Å². The van der Waals surface area contributed by atoms with Gasteiger partial charge in [-0.05, 0) is 37.1 Å². The van der Waals surface area contributed by atoms with Crippen molar-refractivity contribution in [2.75, 3.05) is 30.8 Å². The number of ether oxygens (including phenoxy) is 1. The number of likely N-dealkylation sites (N-methyl/N-ethyl adjacent to an activating group) is 1. The smallest absolute Gasteiger partial charge is 0.338 e. The Kier molecular flexibility index (Phi) is 5.87. The number of esters is 1. The van der Waals surface area contributed by atoms with Crippen molar-refractivity contribution >= 4 is 27.6 Å². The van der Waals surface area contributed by atoms with Crippen molar-refractivity contribution in [3.63, 3.8) is 0 Å². The molecular weight excluding hydrogens is 358 g/mol. The quantitative estimate of drug-likeness (QED) is 0.680. The van der Waals surface area contributed by atoms with Gasteiger partial charge in [0.15, 0.2) is 6.61 Å². The lowest BCUT2D eigenvalue weighted by molar-refractivity contribution is -0.133. The first kappa shape index (κ1) is 19.7. The maximum absolute atomic E-state index is 12.2. The number of carbonyl (C=O) groups excluding carboxylic acids is 2. The van der Waals surface area contributed by atoms with Crippen LogP contribution in [0.15, 0.2) is 18.2 Å². The summed E-state index contributed by atoms with van der Waals surface area (Å²) in [6.07, 6.45) is 1.85. The summed E-state index contributed by atoms with van der Waals surface area (Å²) in [4.78, 5) is 25.3. The number of hydrogen-bond donors (Lipinski definition) is 0. The van der Waals surface area contributed by atoms with Gasteiger partial charge in [-0.1, -0.05) is 0 Å². The number of anilines is 1. The summed E-state index contributed by atoms with van der Waals surface area (Å²) in [5.41, 5.74) is 1.57. The molecule has 0 aromatic heterocycles. The standard InChI is InChI=1S/C17H21N3O5S/c1-12-9-14-10-13(5-6-15(14)20(12)26(3,23)24)17(22)25-11-16(21)19(2)8-4-7-18/h5-6,10,12H,4,8-9,11H2,1-3H3. The fourth-order valence-electron chi connectivity index (χ4n) is 2.90. The number of nitriles is 1. The van der Waals surface area contributed by atoms with Crippen molar-refractivity contribution in [3.8, 4) is 6.07 Å². The molecule has 9 heteroatoms. The zero-order valence-corrected chi connectivity index (χ0v) is 15.7. The van der Waals surface area contributed by atoms with E-state index in [0.29, 0.717) is 12.1 Å². The summed E-state index contributed by atoms with van der Waals surface area (Å²) >= 11 is 0. The molecule has 0 radical (unpaired) electrons. The van der Waals surface area contributed by atoms with Crippen molar-refractivity contribution in [1.29, 1.82) is 5.26 Å². The van der Waals surface area contributed by atoms with Crippen LogP contribution in [0.25, 0.3) is 0 Å². The molecule has 1 amide bonds. The predicted molar refractivity (Wildman–Crippen MR) is 95.1 cm³/mol. The number of hydrogen-bond acceptors (Lipinski definition) is 6. The molecule has 0 N–H and O–H groups in total. The van der Waals surface area contributed by atoms with Crippen molar-refractivity contribution in [2.24, 2.45) is 0 Å². The minimum Gasteiger partial charge on any atom is -0.452 e. The molecule has 1 aliphatic heterocycles. The fraction of sp³-hybridized carbons (Fsp3) is 0.471. The minimum atomic E-state index is -3.39. The summed E-state index contributed by atoms with van der Waals surface area (Å²) in [6.45, 7) is 1.66. The Labute approximate surface area is 153 Å². The molecule has 1 unspecified atom stereocenters. The molecule has 26 heavy (non-hydrogen) atoms. The van der Waals surface area contributed by atoms with Gasteiger partial charge < -0.3 is 9.64 Å². The summed E-state index contributed by atoms with van der Waals surface area (Å²) in [7, 11) is -1.86. The molecule has 1 aromatic rings. The zero-order chi connectivity index (χ0) is 19.5. The van der Waals surface area contributed by atoms with Gasteiger partial charge in [-0.25, -0.2) is 13.2 Å². The highest BCUT2D eigenvalue weighted by atomic mass is 32.2. The average Bonchev–Trinajstić information content (AvgIpc) is 2.91. The van der Waals surface area contributed by atoms with Gasteiger partial charge in [0, 0.05) is 19.6 Å². The van der Waals surface area contributed by atoms with Crippen LogP contribution < -0.4 is 4.31 Å². The third kappa shape index (κ3) is 4.32. The van der Waals surface area contributed by atoms with E-state index >= 15 is 0 Å². The van der Waals surface area contributed by atoms with E-state index < -0.39 is 28.5 Å². The second kappa shape index (κ2) is 7.74. The van der Waals surface area contributed by atoms with E-state index in [1.165, 1.54) is 22.3 Å². The Hall–Kier alpha value is -2.60. The highest BCUT2D eigenvalue weighted by molar-refractivity contribution is 7.92. The monoisotopic (exact) mass is 379 g/mol. The van der Waals surface area contributed by atoms with E-state index in [4.69, 9.17) is 10.00 Å². The fourth-order valence-corrected chi connectivity index (χ4v) is 4.16. The number of fused-ring (bicyclic) bond motifs is 1. The first-order chi connectivity index (χ1) is 12.1. The van der Waals surface area contributed by atoms with Gasteiger partial charge in [-0.2, -0.15) is 5.26 Å². The average molecular weight is 379 g/mol. The molecule has 140 valence electrons. The van der Waals surface area contributed by atoms with E-state index in [-0.39, 0.29) is 24.6 Å². The number of amides is 1. The number of carbonyl (C=O) groups is 2. The maximum Gasteiger partial charge on any atom is 0.338 e. The van der Waals surface area contributed by atoms with Crippen LogP contribution in [0.5, 0.6) is 0 Å². The van der Waals surface area contributed by atoms with Gasteiger partial charge in [0.05, 0.1) is 30.0 Å². The Balaban J connectivity index is 2.05. The van der Waals surface area contributed by atoms with Gasteiger partial charge in [-0.3, -0.25) is 9.10 Å². The van der Waals surface area contributed by atoms with Crippen molar-refractivity contribution in [2.45, 2.75) is 25.8 Å². The zero-order valence-electron chi connectivity index (χ0n) is 14.9. The highest BCUT2D eigenvalue weighted by Crippen LogP contribution is 2.34. The third-order valence-electron chi connectivity index (χ3n) is 4.14. The predicted octanol–water partition coefficient (Wildman–Crippen LogP) is 0.926. The van der Waals surface area contributed by atoms with Crippen molar-refractivity contribution < 1.29 is 22.7 Å². The van der Waals surface area contributed by atoms with Crippen LogP contribution in [-0.4, -0.2) is 57.7 Å².